The van der Waals surface area contributed by atoms with Crippen LogP contribution in [0.2, 0.25) is 0 Å². The number of nitrogens with zero attached hydrogens (tertiary/aromatic N) is 2. The fourth-order valence-electron chi connectivity index (χ4n) is 1.99. The lowest BCUT2D eigenvalue weighted by molar-refractivity contribution is 0.102. The van der Waals surface area contributed by atoms with Gasteiger partial charge >= 0.3 is 0 Å². The highest BCUT2D eigenvalue weighted by molar-refractivity contribution is 6.05. The van der Waals surface area contributed by atoms with Crippen LogP contribution in [0.1, 0.15) is 10.4 Å². The zero-order valence-electron chi connectivity index (χ0n) is 11.4. The second-order valence-corrected chi connectivity index (χ2v) is 4.45. The molecule has 0 bridgehead atoms. The predicted octanol–water partition coefficient (Wildman–Crippen LogP) is 2.89. The Bertz CT molecular complexity index is 788. The molecule has 0 fully saturated rings. The molecule has 0 saturated heterocycles. The zero-order valence-corrected chi connectivity index (χ0v) is 11.4. The maximum absolute atomic E-state index is 12.2. The first-order valence-electron chi connectivity index (χ1n) is 6.42. The molecule has 2 heterocycles. The highest BCUT2D eigenvalue weighted by atomic mass is 16.5. The summed E-state index contributed by atoms with van der Waals surface area (Å²) in [6.07, 6.45) is 3.17. The van der Waals surface area contributed by atoms with E-state index in [2.05, 4.69) is 15.3 Å². The van der Waals surface area contributed by atoms with Crippen LogP contribution >= 0.6 is 0 Å². The normalized spacial score (nSPS) is 10.3. The Labute approximate surface area is 121 Å². The molecule has 0 radical (unpaired) electrons. The standard InChI is InChI=1S/C16H13N3O2/c1-21-13-5-6-14-11(9-13)8-12(10-18-14)16(20)19-15-4-2-3-7-17-15/h2-10H,1H3,(H,17,19,20). The van der Waals surface area contributed by atoms with Gasteiger partial charge in [0.05, 0.1) is 18.2 Å². The fraction of sp³-hybridized carbons (Fsp3) is 0.0625. The third-order valence-corrected chi connectivity index (χ3v) is 3.06. The van der Waals surface area contributed by atoms with E-state index in [1.165, 1.54) is 0 Å². The van der Waals surface area contributed by atoms with Crippen LogP contribution in [0, 0.1) is 0 Å². The van der Waals surface area contributed by atoms with Gasteiger partial charge in [0.25, 0.3) is 5.91 Å². The Morgan fingerprint density at radius 2 is 2.05 bits per heavy atom. The number of fused-ring (bicyclic) bond motifs is 1. The lowest BCUT2D eigenvalue weighted by Gasteiger charge is -2.06. The second-order valence-electron chi connectivity index (χ2n) is 4.45. The molecule has 0 aliphatic carbocycles. The van der Waals surface area contributed by atoms with Gasteiger partial charge in [-0.1, -0.05) is 6.07 Å². The van der Waals surface area contributed by atoms with E-state index in [0.29, 0.717) is 11.4 Å². The van der Waals surface area contributed by atoms with Gasteiger partial charge in [0.2, 0.25) is 0 Å². The first-order valence-corrected chi connectivity index (χ1v) is 6.42. The summed E-state index contributed by atoms with van der Waals surface area (Å²) in [7, 11) is 1.60. The first kappa shape index (κ1) is 13.1. The zero-order chi connectivity index (χ0) is 14.7. The molecule has 0 atom stereocenters. The SMILES string of the molecule is COc1ccc2ncc(C(=O)Nc3ccccn3)cc2c1. The number of methoxy groups -OCH3 is 1. The van der Waals surface area contributed by atoms with Gasteiger partial charge in [-0.3, -0.25) is 9.78 Å². The Hall–Kier alpha value is -2.95. The summed E-state index contributed by atoms with van der Waals surface area (Å²) in [5.74, 6) is 0.991. The number of anilines is 1. The number of hydrogen-bond donors (Lipinski definition) is 1. The van der Waals surface area contributed by atoms with Crippen LogP contribution in [-0.2, 0) is 0 Å². The van der Waals surface area contributed by atoms with Gasteiger partial charge in [0.1, 0.15) is 11.6 Å². The number of aromatic nitrogens is 2. The van der Waals surface area contributed by atoms with E-state index in [4.69, 9.17) is 4.74 Å². The fourth-order valence-corrected chi connectivity index (χ4v) is 1.99. The Balaban J connectivity index is 1.91. The molecule has 21 heavy (non-hydrogen) atoms. The summed E-state index contributed by atoms with van der Waals surface area (Å²) < 4.78 is 5.18. The minimum atomic E-state index is -0.245. The molecule has 0 unspecified atom stereocenters. The molecule has 104 valence electrons. The van der Waals surface area contributed by atoms with E-state index < -0.39 is 0 Å². The predicted molar refractivity (Wildman–Crippen MR) is 80.5 cm³/mol. The van der Waals surface area contributed by atoms with E-state index in [1.54, 1.807) is 37.7 Å². The average Bonchev–Trinajstić information content (AvgIpc) is 2.54. The molecule has 1 amide bonds. The van der Waals surface area contributed by atoms with Crippen LogP contribution in [0.4, 0.5) is 5.82 Å². The van der Waals surface area contributed by atoms with Gasteiger partial charge in [0, 0.05) is 17.8 Å². The maximum atomic E-state index is 12.2. The van der Waals surface area contributed by atoms with Gasteiger partial charge in [0.15, 0.2) is 0 Å². The van der Waals surface area contributed by atoms with Gasteiger partial charge in [-0.05, 0) is 36.4 Å². The van der Waals surface area contributed by atoms with Crippen molar-refractivity contribution in [3.63, 3.8) is 0 Å². The van der Waals surface area contributed by atoms with Gasteiger partial charge in [-0.2, -0.15) is 0 Å². The van der Waals surface area contributed by atoms with Crippen molar-refractivity contribution in [3.05, 3.63) is 60.4 Å². The number of rotatable bonds is 3. The molecule has 1 N–H and O–H groups in total. The molecule has 5 nitrogen and oxygen atoms in total. The van der Waals surface area contributed by atoms with Crippen LogP contribution in [0.3, 0.4) is 0 Å². The Morgan fingerprint density at radius 1 is 1.14 bits per heavy atom. The molecule has 0 aliphatic heterocycles. The number of ether oxygens (including phenoxy) is 1. The lowest BCUT2D eigenvalue weighted by Crippen LogP contribution is -2.13. The molecule has 5 heteroatoms. The van der Waals surface area contributed by atoms with Crippen LogP contribution in [0.15, 0.2) is 54.9 Å². The topological polar surface area (TPSA) is 64.1 Å². The maximum Gasteiger partial charge on any atom is 0.258 e. The molecule has 0 spiro atoms. The molecule has 3 aromatic rings. The quantitative estimate of drug-likeness (QED) is 0.800. The van der Waals surface area contributed by atoms with Gasteiger partial charge in [-0.15, -0.1) is 0 Å². The Morgan fingerprint density at radius 3 is 2.81 bits per heavy atom. The summed E-state index contributed by atoms with van der Waals surface area (Å²) in [6, 6.07) is 12.7. The summed E-state index contributed by atoms with van der Waals surface area (Å²) in [5.41, 5.74) is 1.28. The number of nitrogens with one attached hydrogen (secondary N) is 1. The van der Waals surface area contributed by atoms with Crippen molar-refractivity contribution in [1.82, 2.24) is 9.97 Å². The first-order chi connectivity index (χ1) is 10.3. The smallest absolute Gasteiger partial charge is 0.258 e. The minimum absolute atomic E-state index is 0.245. The van der Waals surface area contributed by atoms with Crippen LogP contribution in [-0.4, -0.2) is 23.0 Å². The number of carbonyl (C=O) groups is 1. The van der Waals surface area contributed by atoms with Gasteiger partial charge in [-0.25, -0.2) is 4.98 Å². The number of carbonyl (C=O) groups excluding carboxylic acids is 1. The molecule has 2 aromatic heterocycles. The van der Waals surface area contributed by atoms with E-state index in [9.17, 15) is 4.79 Å². The minimum Gasteiger partial charge on any atom is -0.497 e. The van der Waals surface area contributed by atoms with Crippen molar-refractivity contribution in [2.75, 3.05) is 12.4 Å². The molecule has 0 saturated carbocycles. The van der Waals surface area contributed by atoms with Crippen molar-refractivity contribution >= 4 is 22.6 Å². The van der Waals surface area contributed by atoms with Crippen LogP contribution in [0.25, 0.3) is 10.9 Å². The molecular weight excluding hydrogens is 266 g/mol. The highest BCUT2D eigenvalue weighted by Gasteiger charge is 2.08. The second kappa shape index (κ2) is 5.58. The van der Waals surface area contributed by atoms with Crippen molar-refractivity contribution in [3.8, 4) is 5.75 Å². The summed E-state index contributed by atoms with van der Waals surface area (Å²) in [6.45, 7) is 0. The average molecular weight is 279 g/mol. The number of hydrogen-bond acceptors (Lipinski definition) is 4. The number of benzene rings is 1. The van der Waals surface area contributed by atoms with Crippen molar-refractivity contribution < 1.29 is 9.53 Å². The molecule has 1 aromatic carbocycles. The molecule has 0 aliphatic rings. The van der Waals surface area contributed by atoms with E-state index in [1.807, 2.05) is 24.3 Å². The van der Waals surface area contributed by atoms with Gasteiger partial charge < -0.3 is 10.1 Å². The van der Waals surface area contributed by atoms with Crippen LogP contribution < -0.4 is 10.1 Å². The third-order valence-electron chi connectivity index (χ3n) is 3.06. The monoisotopic (exact) mass is 279 g/mol. The van der Waals surface area contributed by atoms with Crippen molar-refractivity contribution in [2.24, 2.45) is 0 Å². The van der Waals surface area contributed by atoms with Crippen LogP contribution in [0.5, 0.6) is 5.75 Å². The van der Waals surface area contributed by atoms with Crippen molar-refractivity contribution in [1.29, 1.82) is 0 Å². The van der Waals surface area contributed by atoms with Crippen molar-refractivity contribution in [2.45, 2.75) is 0 Å². The molecular formula is C16H13N3O2. The number of pyridine rings is 2. The third kappa shape index (κ3) is 2.81. The summed E-state index contributed by atoms with van der Waals surface area (Å²) in [4.78, 5) is 20.5. The molecule has 3 rings (SSSR count). The highest BCUT2D eigenvalue weighted by Crippen LogP contribution is 2.20. The van der Waals surface area contributed by atoms with E-state index >= 15 is 0 Å². The largest absolute Gasteiger partial charge is 0.497 e. The van der Waals surface area contributed by atoms with E-state index in [-0.39, 0.29) is 5.91 Å². The summed E-state index contributed by atoms with van der Waals surface area (Å²) >= 11 is 0. The lowest BCUT2D eigenvalue weighted by atomic mass is 10.1. The number of amides is 1. The van der Waals surface area contributed by atoms with E-state index in [0.717, 1.165) is 16.7 Å². The summed E-state index contributed by atoms with van der Waals surface area (Å²) in [5, 5.41) is 3.58. The Kier molecular flexibility index (Phi) is 3.47.